The second-order valence-corrected chi connectivity index (χ2v) is 3.43. The second-order valence-electron chi connectivity index (χ2n) is 3.43. The lowest BCUT2D eigenvalue weighted by Crippen LogP contribution is -1.97. The Morgan fingerprint density at radius 3 is 2.88 bits per heavy atom. The third-order valence-corrected chi connectivity index (χ3v) is 2.18. The summed E-state index contributed by atoms with van der Waals surface area (Å²) >= 11 is 0. The van der Waals surface area contributed by atoms with Crippen molar-refractivity contribution in [3.05, 3.63) is 47.8 Å². The van der Waals surface area contributed by atoms with Crippen molar-refractivity contribution >= 4 is 5.97 Å². The molecule has 2 aromatic rings. The van der Waals surface area contributed by atoms with Crippen molar-refractivity contribution in [2.75, 3.05) is 0 Å². The maximum atomic E-state index is 13.5. The molecule has 0 radical (unpaired) electrons. The number of aromatic carboxylic acids is 1. The molecular formula is C11H9FN2O2. The highest BCUT2D eigenvalue weighted by molar-refractivity contribution is 5.85. The SMILES string of the molecule is Cc1ccc(F)c(-n2cnc(C(=O)O)c2)c1. The van der Waals surface area contributed by atoms with E-state index in [2.05, 4.69) is 4.98 Å². The molecule has 0 unspecified atom stereocenters. The van der Waals surface area contributed by atoms with E-state index in [0.717, 1.165) is 5.56 Å². The number of rotatable bonds is 2. The van der Waals surface area contributed by atoms with E-state index in [4.69, 9.17) is 5.11 Å². The molecule has 4 nitrogen and oxygen atoms in total. The molecule has 5 heteroatoms. The van der Waals surface area contributed by atoms with Gasteiger partial charge in [-0.25, -0.2) is 14.2 Å². The van der Waals surface area contributed by atoms with Crippen molar-refractivity contribution in [2.24, 2.45) is 0 Å². The lowest BCUT2D eigenvalue weighted by molar-refractivity contribution is 0.0691. The molecule has 1 aromatic carbocycles. The molecule has 0 aliphatic carbocycles. The molecule has 0 atom stereocenters. The van der Waals surface area contributed by atoms with E-state index in [-0.39, 0.29) is 5.69 Å². The number of hydrogen-bond acceptors (Lipinski definition) is 2. The zero-order valence-corrected chi connectivity index (χ0v) is 8.51. The summed E-state index contributed by atoms with van der Waals surface area (Å²) in [6.07, 6.45) is 2.56. The van der Waals surface area contributed by atoms with Crippen molar-refractivity contribution in [3.63, 3.8) is 0 Å². The van der Waals surface area contributed by atoms with E-state index < -0.39 is 11.8 Å². The van der Waals surface area contributed by atoms with Gasteiger partial charge in [0.2, 0.25) is 0 Å². The molecule has 0 spiro atoms. The number of nitrogens with zero attached hydrogens (tertiary/aromatic N) is 2. The number of carboxylic acid groups (broad SMARTS) is 1. The minimum absolute atomic E-state index is 0.110. The fourth-order valence-corrected chi connectivity index (χ4v) is 1.39. The first-order valence-corrected chi connectivity index (χ1v) is 4.62. The lowest BCUT2D eigenvalue weighted by Gasteiger charge is -2.04. The molecule has 0 amide bonds. The molecule has 82 valence electrons. The Morgan fingerprint density at radius 1 is 1.50 bits per heavy atom. The molecule has 0 aliphatic heterocycles. The quantitative estimate of drug-likeness (QED) is 0.842. The fraction of sp³-hybridized carbons (Fsp3) is 0.0909. The molecule has 1 aromatic heterocycles. The van der Waals surface area contributed by atoms with Crippen LogP contribution in [0.25, 0.3) is 5.69 Å². The number of aryl methyl sites for hydroxylation is 1. The van der Waals surface area contributed by atoms with Gasteiger partial charge in [-0.2, -0.15) is 0 Å². The van der Waals surface area contributed by atoms with Crippen LogP contribution in [-0.2, 0) is 0 Å². The molecule has 0 aliphatic rings. The van der Waals surface area contributed by atoms with Gasteiger partial charge < -0.3 is 9.67 Å². The first kappa shape index (κ1) is 10.4. The third kappa shape index (κ3) is 1.79. The Balaban J connectivity index is 2.50. The molecule has 0 saturated heterocycles. The van der Waals surface area contributed by atoms with E-state index >= 15 is 0 Å². The largest absolute Gasteiger partial charge is 0.476 e. The van der Waals surface area contributed by atoms with Crippen LogP contribution >= 0.6 is 0 Å². The summed E-state index contributed by atoms with van der Waals surface area (Å²) in [6, 6.07) is 4.61. The van der Waals surface area contributed by atoms with Gasteiger partial charge in [0.05, 0.1) is 5.69 Å². The van der Waals surface area contributed by atoms with Gasteiger partial charge in [0, 0.05) is 6.20 Å². The number of hydrogen-bond donors (Lipinski definition) is 1. The molecule has 0 bridgehead atoms. The molecule has 16 heavy (non-hydrogen) atoms. The van der Waals surface area contributed by atoms with Crippen molar-refractivity contribution < 1.29 is 14.3 Å². The standard InChI is InChI=1S/C11H9FN2O2/c1-7-2-3-8(12)10(4-7)14-5-9(11(15)16)13-6-14/h2-6H,1H3,(H,15,16). The number of aromatic nitrogens is 2. The van der Waals surface area contributed by atoms with Gasteiger partial charge in [-0.3, -0.25) is 0 Å². The van der Waals surface area contributed by atoms with Crippen LogP contribution in [0.5, 0.6) is 0 Å². The van der Waals surface area contributed by atoms with Crippen LogP contribution in [-0.4, -0.2) is 20.6 Å². The van der Waals surface area contributed by atoms with Crippen LogP contribution in [0.3, 0.4) is 0 Å². The third-order valence-electron chi connectivity index (χ3n) is 2.18. The Bertz CT molecular complexity index is 549. The minimum atomic E-state index is -1.13. The number of imidazole rings is 1. The average Bonchev–Trinajstić information content (AvgIpc) is 2.70. The zero-order chi connectivity index (χ0) is 11.7. The van der Waals surface area contributed by atoms with E-state index in [1.165, 1.54) is 23.2 Å². The summed E-state index contributed by atoms with van der Waals surface area (Å²) in [4.78, 5) is 14.3. The summed E-state index contributed by atoms with van der Waals surface area (Å²) in [5.41, 5.74) is 1.07. The fourth-order valence-electron chi connectivity index (χ4n) is 1.39. The second kappa shape index (κ2) is 3.77. The summed E-state index contributed by atoms with van der Waals surface area (Å²) in [5.74, 6) is -1.55. The first-order chi connectivity index (χ1) is 7.58. The van der Waals surface area contributed by atoms with Gasteiger partial charge in [0.25, 0.3) is 0 Å². The van der Waals surface area contributed by atoms with E-state index in [1.54, 1.807) is 12.1 Å². The van der Waals surface area contributed by atoms with Gasteiger partial charge in [-0.05, 0) is 24.6 Å². The van der Waals surface area contributed by atoms with Crippen molar-refractivity contribution in [3.8, 4) is 5.69 Å². The van der Waals surface area contributed by atoms with Crippen LogP contribution < -0.4 is 0 Å². The summed E-state index contributed by atoms with van der Waals surface area (Å²) in [5, 5.41) is 8.70. The maximum Gasteiger partial charge on any atom is 0.356 e. The molecule has 2 rings (SSSR count). The predicted molar refractivity (Wildman–Crippen MR) is 55.2 cm³/mol. The highest BCUT2D eigenvalue weighted by atomic mass is 19.1. The lowest BCUT2D eigenvalue weighted by atomic mass is 10.2. The van der Waals surface area contributed by atoms with Crippen LogP contribution in [0.15, 0.2) is 30.7 Å². The maximum absolute atomic E-state index is 13.5. The van der Waals surface area contributed by atoms with Crippen LogP contribution in [0.4, 0.5) is 4.39 Å². The number of benzene rings is 1. The molecule has 0 saturated carbocycles. The number of carboxylic acids is 1. The van der Waals surface area contributed by atoms with Crippen LogP contribution in [0.1, 0.15) is 16.1 Å². The van der Waals surface area contributed by atoms with E-state index in [0.29, 0.717) is 5.69 Å². The van der Waals surface area contributed by atoms with Crippen molar-refractivity contribution in [1.82, 2.24) is 9.55 Å². The number of carbonyl (C=O) groups is 1. The topological polar surface area (TPSA) is 55.1 Å². The van der Waals surface area contributed by atoms with Crippen LogP contribution in [0, 0.1) is 12.7 Å². The first-order valence-electron chi connectivity index (χ1n) is 4.62. The molecule has 0 fully saturated rings. The Labute approximate surface area is 91.0 Å². The predicted octanol–water partition coefficient (Wildman–Crippen LogP) is 2.02. The molecule has 1 N–H and O–H groups in total. The Morgan fingerprint density at radius 2 is 2.25 bits per heavy atom. The highest BCUT2D eigenvalue weighted by Gasteiger charge is 2.10. The van der Waals surface area contributed by atoms with E-state index in [9.17, 15) is 9.18 Å². The Kier molecular flexibility index (Phi) is 2.44. The minimum Gasteiger partial charge on any atom is -0.476 e. The van der Waals surface area contributed by atoms with Gasteiger partial charge in [-0.15, -0.1) is 0 Å². The van der Waals surface area contributed by atoms with Crippen LogP contribution in [0.2, 0.25) is 0 Å². The summed E-state index contributed by atoms with van der Waals surface area (Å²) < 4.78 is 14.8. The van der Waals surface area contributed by atoms with Gasteiger partial charge in [0.15, 0.2) is 5.69 Å². The van der Waals surface area contributed by atoms with Gasteiger partial charge in [0.1, 0.15) is 12.1 Å². The van der Waals surface area contributed by atoms with Gasteiger partial charge >= 0.3 is 5.97 Å². The molecular weight excluding hydrogens is 211 g/mol. The molecule has 1 heterocycles. The van der Waals surface area contributed by atoms with Crippen molar-refractivity contribution in [2.45, 2.75) is 6.92 Å². The monoisotopic (exact) mass is 220 g/mol. The highest BCUT2D eigenvalue weighted by Crippen LogP contribution is 2.15. The normalized spacial score (nSPS) is 10.4. The Hall–Kier alpha value is -2.17. The smallest absolute Gasteiger partial charge is 0.356 e. The zero-order valence-electron chi connectivity index (χ0n) is 8.51. The summed E-state index contributed by atoms with van der Waals surface area (Å²) in [7, 11) is 0. The number of halogens is 1. The van der Waals surface area contributed by atoms with E-state index in [1.807, 2.05) is 6.92 Å². The van der Waals surface area contributed by atoms with Crippen molar-refractivity contribution in [1.29, 1.82) is 0 Å². The average molecular weight is 220 g/mol. The summed E-state index contributed by atoms with van der Waals surface area (Å²) in [6.45, 7) is 1.83. The van der Waals surface area contributed by atoms with Gasteiger partial charge in [-0.1, -0.05) is 6.07 Å².